The van der Waals surface area contributed by atoms with Crippen molar-refractivity contribution in [2.75, 3.05) is 6.54 Å². The third-order valence-electron chi connectivity index (χ3n) is 4.44. The smallest absolute Gasteiger partial charge is 0.254 e. The molecule has 0 aliphatic heterocycles. The van der Waals surface area contributed by atoms with E-state index in [1.165, 1.54) is 0 Å². The zero-order valence-corrected chi connectivity index (χ0v) is 18.0. The summed E-state index contributed by atoms with van der Waals surface area (Å²) in [5.41, 5.74) is 3.50. The first-order valence-electron chi connectivity index (χ1n) is 9.48. The summed E-state index contributed by atoms with van der Waals surface area (Å²) in [5, 5.41) is 11.4. The highest BCUT2D eigenvalue weighted by molar-refractivity contribution is 7.09. The van der Waals surface area contributed by atoms with Gasteiger partial charge in [-0.15, -0.1) is 11.3 Å². The van der Waals surface area contributed by atoms with E-state index < -0.39 is 0 Å². The number of halogens is 1. The lowest BCUT2D eigenvalue weighted by Crippen LogP contribution is -2.25. The molecule has 0 bridgehead atoms. The van der Waals surface area contributed by atoms with Crippen molar-refractivity contribution in [3.63, 3.8) is 0 Å². The molecule has 28 heavy (non-hydrogen) atoms. The minimum Gasteiger partial charge on any atom is -0.352 e. The Balaban J connectivity index is 1.60. The normalized spacial score (nSPS) is 11.2. The molecule has 5 nitrogen and oxygen atoms in total. The maximum absolute atomic E-state index is 12.7. The van der Waals surface area contributed by atoms with Crippen molar-refractivity contribution < 1.29 is 4.79 Å². The van der Waals surface area contributed by atoms with Crippen LogP contribution < -0.4 is 5.32 Å². The van der Waals surface area contributed by atoms with E-state index in [1.54, 1.807) is 17.5 Å². The van der Waals surface area contributed by atoms with Crippen molar-refractivity contribution in [3.05, 3.63) is 62.8 Å². The van der Waals surface area contributed by atoms with Crippen molar-refractivity contribution in [2.45, 2.75) is 46.0 Å². The lowest BCUT2D eigenvalue weighted by molar-refractivity contribution is 0.0951. The van der Waals surface area contributed by atoms with Crippen molar-refractivity contribution in [2.24, 2.45) is 0 Å². The molecule has 2 heterocycles. The highest BCUT2D eigenvalue weighted by Gasteiger charge is 2.20. The standard InChI is InChI=1S/C21H25ClN4OS/c1-14(2)20-18(12-24-26(20)17-9-7-16(22)8-10-17)21(27)23-11-5-4-6-19-25-15(3)13-28-19/h7-10,12-14H,4-6,11H2,1-3H3,(H,23,27). The molecule has 3 rings (SSSR count). The van der Waals surface area contributed by atoms with Crippen LogP contribution in [-0.4, -0.2) is 27.2 Å². The van der Waals surface area contributed by atoms with Gasteiger partial charge in [0.2, 0.25) is 0 Å². The largest absolute Gasteiger partial charge is 0.352 e. The number of carbonyl (C=O) groups excluding carboxylic acids is 1. The van der Waals surface area contributed by atoms with E-state index in [2.05, 4.69) is 34.6 Å². The fourth-order valence-corrected chi connectivity index (χ4v) is 4.04. The van der Waals surface area contributed by atoms with Gasteiger partial charge in [0.25, 0.3) is 5.91 Å². The second-order valence-corrected chi connectivity index (χ2v) is 8.46. The fourth-order valence-electron chi connectivity index (χ4n) is 3.09. The Labute approximate surface area is 174 Å². The molecular weight excluding hydrogens is 392 g/mol. The average molecular weight is 417 g/mol. The molecule has 148 valence electrons. The Kier molecular flexibility index (Phi) is 6.86. The second kappa shape index (κ2) is 9.34. The minimum atomic E-state index is -0.0750. The first kappa shape index (κ1) is 20.6. The maximum atomic E-state index is 12.7. The number of unbranched alkanes of at least 4 members (excludes halogenated alkanes) is 1. The predicted molar refractivity (Wildman–Crippen MR) is 115 cm³/mol. The summed E-state index contributed by atoms with van der Waals surface area (Å²) in [4.78, 5) is 17.2. The van der Waals surface area contributed by atoms with Crippen molar-refractivity contribution in [1.29, 1.82) is 0 Å². The number of benzene rings is 1. The highest BCUT2D eigenvalue weighted by atomic mass is 35.5. The summed E-state index contributed by atoms with van der Waals surface area (Å²) >= 11 is 7.68. The summed E-state index contributed by atoms with van der Waals surface area (Å²) in [6, 6.07) is 7.46. The molecule has 0 unspecified atom stereocenters. The number of amides is 1. The van der Waals surface area contributed by atoms with Gasteiger partial charge in [0.15, 0.2) is 0 Å². The fraction of sp³-hybridized carbons (Fsp3) is 0.381. The molecule has 1 amide bonds. The van der Waals surface area contributed by atoms with Crippen LogP contribution in [0.4, 0.5) is 0 Å². The van der Waals surface area contributed by atoms with Crippen LogP contribution in [0.3, 0.4) is 0 Å². The van der Waals surface area contributed by atoms with Crippen LogP contribution in [0.2, 0.25) is 5.02 Å². The van der Waals surface area contributed by atoms with Crippen LogP contribution in [-0.2, 0) is 6.42 Å². The predicted octanol–water partition coefficient (Wildman–Crippen LogP) is 5.17. The molecular formula is C21H25ClN4OS. The summed E-state index contributed by atoms with van der Waals surface area (Å²) in [6.07, 6.45) is 4.54. The van der Waals surface area contributed by atoms with Gasteiger partial charge in [-0.05, 0) is 56.4 Å². The van der Waals surface area contributed by atoms with Crippen molar-refractivity contribution >= 4 is 28.8 Å². The molecule has 2 aromatic heterocycles. The minimum absolute atomic E-state index is 0.0750. The van der Waals surface area contributed by atoms with Gasteiger partial charge in [0, 0.05) is 22.6 Å². The number of hydrogen-bond donors (Lipinski definition) is 1. The molecule has 0 aliphatic rings. The highest BCUT2D eigenvalue weighted by Crippen LogP contribution is 2.24. The van der Waals surface area contributed by atoms with Gasteiger partial charge in [-0.1, -0.05) is 25.4 Å². The first-order valence-corrected chi connectivity index (χ1v) is 10.7. The quantitative estimate of drug-likeness (QED) is 0.515. The van der Waals surface area contributed by atoms with E-state index in [-0.39, 0.29) is 11.8 Å². The third kappa shape index (κ3) is 5.00. The van der Waals surface area contributed by atoms with Gasteiger partial charge in [-0.25, -0.2) is 9.67 Å². The van der Waals surface area contributed by atoms with Gasteiger partial charge in [0.1, 0.15) is 0 Å². The van der Waals surface area contributed by atoms with E-state index in [0.717, 1.165) is 41.3 Å². The Hall–Kier alpha value is -2.18. The maximum Gasteiger partial charge on any atom is 0.254 e. The zero-order valence-electron chi connectivity index (χ0n) is 16.4. The number of thiazole rings is 1. The summed E-state index contributed by atoms with van der Waals surface area (Å²) < 4.78 is 1.82. The number of hydrogen-bond acceptors (Lipinski definition) is 4. The Morgan fingerprint density at radius 2 is 2.00 bits per heavy atom. The van der Waals surface area contributed by atoms with Gasteiger partial charge in [-0.3, -0.25) is 4.79 Å². The molecule has 3 aromatic rings. The van der Waals surface area contributed by atoms with Crippen LogP contribution >= 0.6 is 22.9 Å². The molecule has 0 aliphatic carbocycles. The van der Waals surface area contributed by atoms with Gasteiger partial charge < -0.3 is 5.32 Å². The number of rotatable bonds is 8. The van der Waals surface area contributed by atoms with Gasteiger partial charge in [0.05, 0.1) is 28.1 Å². The topological polar surface area (TPSA) is 59.8 Å². The SMILES string of the molecule is Cc1csc(CCCCNC(=O)c2cnn(-c3ccc(Cl)cc3)c2C(C)C)n1. The average Bonchev–Trinajstić information content (AvgIpc) is 3.28. The second-order valence-electron chi connectivity index (χ2n) is 7.08. The van der Waals surface area contributed by atoms with Crippen LogP contribution in [0.15, 0.2) is 35.8 Å². The van der Waals surface area contributed by atoms with E-state index in [0.29, 0.717) is 17.1 Å². The van der Waals surface area contributed by atoms with Crippen molar-refractivity contribution in [3.8, 4) is 5.69 Å². The molecule has 0 saturated heterocycles. The zero-order chi connectivity index (χ0) is 20.1. The number of aromatic nitrogens is 3. The van der Waals surface area contributed by atoms with E-state index in [4.69, 9.17) is 11.6 Å². The lowest BCUT2D eigenvalue weighted by Gasteiger charge is -2.13. The number of nitrogens with one attached hydrogen (secondary N) is 1. The molecule has 0 atom stereocenters. The summed E-state index contributed by atoms with van der Waals surface area (Å²) in [6.45, 7) is 6.79. The van der Waals surface area contributed by atoms with Crippen LogP contribution in [0.1, 0.15) is 59.4 Å². The van der Waals surface area contributed by atoms with Crippen molar-refractivity contribution in [1.82, 2.24) is 20.1 Å². The molecule has 0 saturated carbocycles. The lowest BCUT2D eigenvalue weighted by atomic mass is 10.0. The van der Waals surface area contributed by atoms with Crippen LogP contribution in [0.25, 0.3) is 5.69 Å². The first-order chi connectivity index (χ1) is 13.5. The Morgan fingerprint density at radius 1 is 1.25 bits per heavy atom. The van der Waals surface area contributed by atoms with Crippen LogP contribution in [0.5, 0.6) is 0 Å². The number of nitrogens with zero attached hydrogens (tertiary/aromatic N) is 3. The van der Waals surface area contributed by atoms with E-state index in [9.17, 15) is 4.79 Å². The summed E-state index contributed by atoms with van der Waals surface area (Å²) in [5.74, 6) is 0.0843. The van der Waals surface area contributed by atoms with E-state index in [1.807, 2.05) is 35.9 Å². The molecule has 1 aromatic carbocycles. The third-order valence-corrected chi connectivity index (χ3v) is 5.72. The molecule has 7 heteroatoms. The number of aryl methyl sites for hydroxylation is 2. The van der Waals surface area contributed by atoms with Gasteiger partial charge >= 0.3 is 0 Å². The van der Waals surface area contributed by atoms with Crippen LogP contribution in [0, 0.1) is 6.92 Å². The molecule has 0 spiro atoms. The number of carbonyl (C=O) groups is 1. The summed E-state index contributed by atoms with van der Waals surface area (Å²) in [7, 11) is 0. The molecule has 0 radical (unpaired) electrons. The van der Waals surface area contributed by atoms with Gasteiger partial charge in [-0.2, -0.15) is 5.10 Å². The Bertz CT molecular complexity index is 930. The monoisotopic (exact) mass is 416 g/mol. The molecule has 0 fully saturated rings. The molecule has 1 N–H and O–H groups in total. The van der Waals surface area contributed by atoms with E-state index >= 15 is 0 Å². The Morgan fingerprint density at radius 3 is 2.64 bits per heavy atom.